The molecule has 18 heavy (non-hydrogen) atoms. The first-order chi connectivity index (χ1) is 8.56. The van der Waals surface area contributed by atoms with Crippen molar-refractivity contribution in [1.82, 2.24) is 4.90 Å². The highest BCUT2D eigenvalue weighted by Crippen LogP contribution is 2.20. The first-order valence-corrected chi connectivity index (χ1v) is 7.17. The minimum absolute atomic E-state index is 0.609. The van der Waals surface area contributed by atoms with Gasteiger partial charge in [0.05, 0.1) is 0 Å². The van der Waals surface area contributed by atoms with Crippen molar-refractivity contribution in [2.75, 3.05) is 18.4 Å². The van der Waals surface area contributed by atoms with E-state index in [-0.39, 0.29) is 0 Å². The summed E-state index contributed by atoms with van der Waals surface area (Å²) in [6.07, 6.45) is 1.25. The summed E-state index contributed by atoms with van der Waals surface area (Å²) >= 11 is 0. The molecule has 1 unspecified atom stereocenters. The van der Waals surface area contributed by atoms with E-state index in [9.17, 15) is 0 Å². The number of benzene rings is 1. The van der Waals surface area contributed by atoms with Gasteiger partial charge in [-0.3, -0.25) is 4.90 Å². The molecule has 0 spiro atoms. The van der Waals surface area contributed by atoms with Crippen LogP contribution in [0.25, 0.3) is 0 Å². The van der Waals surface area contributed by atoms with Gasteiger partial charge in [0, 0.05) is 30.9 Å². The van der Waals surface area contributed by atoms with E-state index in [2.05, 4.69) is 62.2 Å². The average Bonchev–Trinajstić information content (AvgIpc) is 2.78. The van der Waals surface area contributed by atoms with Gasteiger partial charge in [0.25, 0.3) is 0 Å². The van der Waals surface area contributed by atoms with Crippen LogP contribution in [0.3, 0.4) is 0 Å². The fourth-order valence-electron chi connectivity index (χ4n) is 2.57. The van der Waals surface area contributed by atoms with Gasteiger partial charge >= 0.3 is 0 Å². The Hall–Kier alpha value is -1.02. The summed E-state index contributed by atoms with van der Waals surface area (Å²) in [6.45, 7) is 11.4. The van der Waals surface area contributed by atoms with E-state index in [1.54, 1.807) is 0 Å². The summed E-state index contributed by atoms with van der Waals surface area (Å²) in [7, 11) is 0. The molecule has 2 rings (SSSR count). The lowest BCUT2D eigenvalue weighted by atomic mass is 10.0. The van der Waals surface area contributed by atoms with Crippen molar-refractivity contribution in [3.63, 3.8) is 0 Å². The van der Waals surface area contributed by atoms with Gasteiger partial charge in [0.15, 0.2) is 0 Å². The van der Waals surface area contributed by atoms with E-state index >= 15 is 0 Å². The summed E-state index contributed by atoms with van der Waals surface area (Å²) in [5.41, 5.74) is 2.67. The number of hydrogen-bond donors (Lipinski definition) is 1. The highest BCUT2D eigenvalue weighted by molar-refractivity contribution is 5.46. The molecule has 0 bridgehead atoms. The molecule has 1 fully saturated rings. The molecule has 1 saturated heterocycles. The Labute approximate surface area is 111 Å². The molecule has 100 valence electrons. The maximum absolute atomic E-state index is 3.65. The molecule has 0 radical (unpaired) electrons. The van der Waals surface area contributed by atoms with Gasteiger partial charge < -0.3 is 5.32 Å². The second-order valence-electron chi connectivity index (χ2n) is 6.00. The van der Waals surface area contributed by atoms with E-state index in [1.807, 2.05) is 0 Å². The lowest BCUT2D eigenvalue weighted by molar-refractivity contribution is 0.274. The number of hydrogen-bond acceptors (Lipinski definition) is 2. The largest absolute Gasteiger partial charge is 0.381 e. The van der Waals surface area contributed by atoms with E-state index < -0.39 is 0 Å². The number of nitrogens with zero attached hydrogens (tertiary/aromatic N) is 1. The maximum atomic E-state index is 3.65. The van der Waals surface area contributed by atoms with Crippen LogP contribution in [0.15, 0.2) is 24.3 Å². The smallest absolute Gasteiger partial charge is 0.0400 e. The Morgan fingerprint density at radius 2 is 1.78 bits per heavy atom. The van der Waals surface area contributed by atoms with Crippen LogP contribution in [0.1, 0.15) is 45.6 Å². The van der Waals surface area contributed by atoms with Crippen LogP contribution < -0.4 is 5.32 Å². The molecule has 2 nitrogen and oxygen atoms in total. The Morgan fingerprint density at radius 1 is 1.11 bits per heavy atom. The average molecular weight is 246 g/mol. The van der Waals surface area contributed by atoms with Crippen molar-refractivity contribution < 1.29 is 0 Å². The minimum atomic E-state index is 0.609. The lowest BCUT2D eigenvalue weighted by Gasteiger charge is -2.21. The SMILES string of the molecule is CC(C)c1ccc(NC2CCN(C(C)C)C2)cc1. The molecule has 1 aliphatic rings. The number of likely N-dealkylation sites (tertiary alicyclic amines) is 1. The van der Waals surface area contributed by atoms with Gasteiger partial charge in [0.1, 0.15) is 0 Å². The second kappa shape index (κ2) is 5.75. The highest BCUT2D eigenvalue weighted by Gasteiger charge is 2.23. The predicted octanol–water partition coefficient (Wildman–Crippen LogP) is 3.70. The molecule has 1 heterocycles. The van der Waals surface area contributed by atoms with Crippen LogP contribution in [-0.2, 0) is 0 Å². The van der Waals surface area contributed by atoms with Gasteiger partial charge in [-0.05, 0) is 43.9 Å². The predicted molar refractivity (Wildman–Crippen MR) is 79.3 cm³/mol. The van der Waals surface area contributed by atoms with E-state index in [0.717, 1.165) is 0 Å². The van der Waals surface area contributed by atoms with Crippen LogP contribution >= 0.6 is 0 Å². The minimum Gasteiger partial charge on any atom is -0.381 e. The molecule has 1 N–H and O–H groups in total. The first-order valence-electron chi connectivity index (χ1n) is 7.17. The zero-order valence-electron chi connectivity index (χ0n) is 12.1. The molecule has 1 aromatic carbocycles. The van der Waals surface area contributed by atoms with Gasteiger partial charge in [-0.15, -0.1) is 0 Å². The van der Waals surface area contributed by atoms with E-state index in [1.165, 1.54) is 30.8 Å². The van der Waals surface area contributed by atoms with Crippen molar-refractivity contribution in [3.05, 3.63) is 29.8 Å². The zero-order chi connectivity index (χ0) is 13.1. The van der Waals surface area contributed by atoms with Crippen LogP contribution in [0.2, 0.25) is 0 Å². The molecule has 2 heteroatoms. The lowest BCUT2D eigenvalue weighted by Crippen LogP contribution is -2.31. The van der Waals surface area contributed by atoms with Crippen molar-refractivity contribution in [1.29, 1.82) is 0 Å². The van der Waals surface area contributed by atoms with Crippen LogP contribution in [0, 0.1) is 0 Å². The molecule has 0 amide bonds. The fraction of sp³-hybridized carbons (Fsp3) is 0.625. The highest BCUT2D eigenvalue weighted by atomic mass is 15.2. The quantitative estimate of drug-likeness (QED) is 0.871. The Bertz CT molecular complexity index is 367. The van der Waals surface area contributed by atoms with Crippen LogP contribution in [0.4, 0.5) is 5.69 Å². The molecule has 1 aromatic rings. The Balaban J connectivity index is 1.90. The molecule has 0 aliphatic carbocycles. The molecule has 1 atom stereocenters. The number of nitrogens with one attached hydrogen (secondary N) is 1. The molecular formula is C16H26N2. The first kappa shape index (κ1) is 13.4. The summed E-state index contributed by atoms with van der Waals surface area (Å²) in [5.74, 6) is 0.613. The van der Waals surface area contributed by atoms with Crippen LogP contribution in [0.5, 0.6) is 0 Å². The van der Waals surface area contributed by atoms with Gasteiger partial charge in [-0.25, -0.2) is 0 Å². The van der Waals surface area contributed by atoms with Crippen LogP contribution in [-0.4, -0.2) is 30.1 Å². The molecular weight excluding hydrogens is 220 g/mol. The fourth-order valence-corrected chi connectivity index (χ4v) is 2.57. The third kappa shape index (κ3) is 3.26. The van der Waals surface area contributed by atoms with Crippen molar-refractivity contribution in [2.45, 2.75) is 52.1 Å². The normalized spacial score (nSPS) is 20.9. The number of rotatable bonds is 4. The third-order valence-corrected chi connectivity index (χ3v) is 3.90. The molecule has 1 aliphatic heterocycles. The third-order valence-electron chi connectivity index (χ3n) is 3.90. The van der Waals surface area contributed by atoms with Gasteiger partial charge in [-0.1, -0.05) is 26.0 Å². The monoisotopic (exact) mass is 246 g/mol. The molecule has 0 saturated carbocycles. The zero-order valence-corrected chi connectivity index (χ0v) is 12.1. The van der Waals surface area contributed by atoms with Crippen molar-refractivity contribution >= 4 is 5.69 Å². The van der Waals surface area contributed by atoms with E-state index in [0.29, 0.717) is 18.0 Å². The summed E-state index contributed by atoms with van der Waals surface area (Å²) < 4.78 is 0. The summed E-state index contributed by atoms with van der Waals surface area (Å²) in [6, 6.07) is 10.2. The molecule has 0 aromatic heterocycles. The van der Waals surface area contributed by atoms with Gasteiger partial charge in [-0.2, -0.15) is 0 Å². The summed E-state index contributed by atoms with van der Waals surface area (Å²) in [5, 5.41) is 3.65. The maximum Gasteiger partial charge on any atom is 0.0400 e. The van der Waals surface area contributed by atoms with Crippen molar-refractivity contribution in [2.24, 2.45) is 0 Å². The number of anilines is 1. The Kier molecular flexibility index (Phi) is 4.28. The standard InChI is InChI=1S/C16H26N2/c1-12(2)14-5-7-15(8-6-14)17-16-9-10-18(11-16)13(3)4/h5-8,12-13,16-17H,9-11H2,1-4H3. The van der Waals surface area contributed by atoms with E-state index in [4.69, 9.17) is 0 Å². The van der Waals surface area contributed by atoms with Gasteiger partial charge in [0.2, 0.25) is 0 Å². The topological polar surface area (TPSA) is 15.3 Å². The summed E-state index contributed by atoms with van der Waals surface area (Å²) in [4.78, 5) is 2.54. The van der Waals surface area contributed by atoms with Crippen molar-refractivity contribution in [3.8, 4) is 0 Å². The Morgan fingerprint density at radius 3 is 2.28 bits per heavy atom. The second-order valence-corrected chi connectivity index (χ2v) is 6.00.